The molecule has 2 N–H and O–H groups in total. The number of hydrogen-bond donors (Lipinski definition) is 2. The Kier molecular flexibility index (Phi) is 8.03. The van der Waals surface area contributed by atoms with Crippen LogP contribution in [-0.2, 0) is 9.53 Å². The highest BCUT2D eigenvalue weighted by Crippen LogP contribution is 2.30. The molecule has 2 aromatic carbocycles. The van der Waals surface area contributed by atoms with E-state index in [0.717, 1.165) is 20.6 Å². The largest absolute Gasteiger partial charge is 0.383 e. The fourth-order valence-corrected chi connectivity index (χ4v) is 4.63. The van der Waals surface area contributed by atoms with Crippen LogP contribution in [0.2, 0.25) is 0 Å². The topological polar surface area (TPSA) is 76.1 Å². The number of ether oxygens (including phenoxy) is 1. The standard InChI is InChI=1S/C21H24N4O2S2/c1-15(28-21-25-24-20(29-21)22-13-14-27-2)19(26)23-18(16-9-5-3-6-10-16)17-11-7-4-8-12-17/h3-12,15,18H,13-14H2,1-2H3,(H,22,24)(H,23,26). The van der Waals surface area contributed by atoms with Gasteiger partial charge < -0.3 is 15.4 Å². The molecule has 1 unspecified atom stereocenters. The van der Waals surface area contributed by atoms with E-state index in [1.807, 2.05) is 67.6 Å². The molecule has 0 aliphatic rings. The summed E-state index contributed by atoms with van der Waals surface area (Å²) in [6, 6.07) is 19.8. The molecule has 0 aliphatic carbocycles. The minimum absolute atomic E-state index is 0.0446. The van der Waals surface area contributed by atoms with Gasteiger partial charge in [0.15, 0.2) is 4.34 Å². The fourth-order valence-electron chi connectivity index (χ4n) is 2.70. The van der Waals surface area contributed by atoms with E-state index >= 15 is 0 Å². The number of nitrogens with one attached hydrogen (secondary N) is 2. The number of rotatable bonds is 10. The summed E-state index contributed by atoms with van der Waals surface area (Å²) in [4.78, 5) is 12.9. The summed E-state index contributed by atoms with van der Waals surface area (Å²) < 4.78 is 5.77. The Hall–Kier alpha value is -2.42. The number of thioether (sulfide) groups is 1. The van der Waals surface area contributed by atoms with Crippen molar-refractivity contribution in [1.29, 1.82) is 0 Å². The highest BCUT2D eigenvalue weighted by molar-refractivity contribution is 8.02. The Morgan fingerprint density at radius 1 is 1.07 bits per heavy atom. The first kappa shape index (κ1) is 21.3. The number of methoxy groups -OCH3 is 1. The van der Waals surface area contributed by atoms with Crippen LogP contribution in [0.15, 0.2) is 65.0 Å². The van der Waals surface area contributed by atoms with E-state index in [4.69, 9.17) is 4.74 Å². The number of anilines is 1. The second kappa shape index (κ2) is 10.9. The van der Waals surface area contributed by atoms with Gasteiger partial charge in [0.05, 0.1) is 17.9 Å². The Bertz CT molecular complexity index is 850. The van der Waals surface area contributed by atoms with Gasteiger partial charge in [-0.1, -0.05) is 83.8 Å². The first-order chi connectivity index (χ1) is 14.2. The SMILES string of the molecule is COCCNc1nnc(SC(C)C(=O)NC(c2ccccc2)c2ccccc2)s1. The molecule has 3 rings (SSSR count). The lowest BCUT2D eigenvalue weighted by Crippen LogP contribution is -2.34. The van der Waals surface area contributed by atoms with Crippen LogP contribution in [0.1, 0.15) is 24.1 Å². The molecule has 3 aromatic rings. The van der Waals surface area contributed by atoms with Crippen molar-refractivity contribution in [2.45, 2.75) is 22.6 Å². The number of hydrogen-bond acceptors (Lipinski definition) is 7. The van der Waals surface area contributed by atoms with Gasteiger partial charge in [0.1, 0.15) is 0 Å². The molecule has 6 nitrogen and oxygen atoms in total. The highest BCUT2D eigenvalue weighted by Gasteiger charge is 2.22. The lowest BCUT2D eigenvalue weighted by molar-refractivity contribution is -0.120. The number of nitrogens with zero attached hydrogens (tertiary/aromatic N) is 2. The number of amides is 1. The summed E-state index contributed by atoms with van der Waals surface area (Å²) in [6.45, 7) is 3.15. The normalized spacial score (nSPS) is 12.0. The van der Waals surface area contributed by atoms with Crippen molar-refractivity contribution in [2.75, 3.05) is 25.6 Å². The number of benzene rings is 2. The zero-order chi connectivity index (χ0) is 20.5. The number of aromatic nitrogens is 2. The summed E-state index contributed by atoms with van der Waals surface area (Å²) in [6.07, 6.45) is 0. The van der Waals surface area contributed by atoms with Gasteiger partial charge in [-0.05, 0) is 18.1 Å². The molecule has 0 aliphatic heterocycles. The van der Waals surface area contributed by atoms with E-state index in [2.05, 4.69) is 20.8 Å². The number of carbonyl (C=O) groups is 1. The molecule has 29 heavy (non-hydrogen) atoms. The van der Waals surface area contributed by atoms with E-state index in [9.17, 15) is 4.79 Å². The van der Waals surface area contributed by atoms with Crippen LogP contribution in [0.5, 0.6) is 0 Å². The zero-order valence-corrected chi connectivity index (χ0v) is 18.0. The molecule has 0 bridgehead atoms. The predicted octanol–water partition coefficient (Wildman–Crippen LogP) is 3.98. The van der Waals surface area contributed by atoms with Crippen molar-refractivity contribution in [3.05, 3.63) is 71.8 Å². The van der Waals surface area contributed by atoms with Crippen LogP contribution in [-0.4, -0.2) is 41.6 Å². The van der Waals surface area contributed by atoms with Crippen LogP contribution in [0.4, 0.5) is 5.13 Å². The first-order valence-corrected chi connectivity index (χ1v) is 11.0. The lowest BCUT2D eigenvalue weighted by Gasteiger charge is -2.21. The molecular formula is C21H24N4O2S2. The van der Waals surface area contributed by atoms with Crippen molar-refractivity contribution in [3.63, 3.8) is 0 Å². The summed E-state index contributed by atoms with van der Waals surface area (Å²) in [5.41, 5.74) is 2.09. The Labute approximate surface area is 179 Å². The van der Waals surface area contributed by atoms with E-state index in [1.165, 1.54) is 23.1 Å². The summed E-state index contributed by atoms with van der Waals surface area (Å²) in [5.74, 6) is -0.0446. The van der Waals surface area contributed by atoms with Gasteiger partial charge in [0.2, 0.25) is 11.0 Å². The van der Waals surface area contributed by atoms with Gasteiger partial charge in [0, 0.05) is 13.7 Å². The predicted molar refractivity (Wildman–Crippen MR) is 118 cm³/mol. The summed E-state index contributed by atoms with van der Waals surface area (Å²) >= 11 is 2.84. The third-order valence-corrected chi connectivity index (χ3v) is 6.25. The molecule has 1 atom stereocenters. The Balaban J connectivity index is 1.65. The monoisotopic (exact) mass is 428 g/mol. The van der Waals surface area contributed by atoms with Crippen molar-refractivity contribution < 1.29 is 9.53 Å². The average molecular weight is 429 g/mol. The Morgan fingerprint density at radius 3 is 2.28 bits per heavy atom. The molecule has 0 saturated heterocycles. The first-order valence-electron chi connectivity index (χ1n) is 9.30. The molecule has 1 heterocycles. The van der Waals surface area contributed by atoms with E-state index in [1.54, 1.807) is 7.11 Å². The van der Waals surface area contributed by atoms with Gasteiger partial charge in [-0.2, -0.15) is 0 Å². The summed E-state index contributed by atoms with van der Waals surface area (Å²) in [7, 11) is 1.65. The van der Waals surface area contributed by atoms with E-state index in [-0.39, 0.29) is 17.2 Å². The van der Waals surface area contributed by atoms with E-state index < -0.39 is 0 Å². The molecule has 152 valence electrons. The summed E-state index contributed by atoms with van der Waals surface area (Å²) in [5, 5.41) is 15.0. The van der Waals surface area contributed by atoms with Crippen molar-refractivity contribution in [3.8, 4) is 0 Å². The molecule has 0 spiro atoms. The van der Waals surface area contributed by atoms with E-state index in [0.29, 0.717) is 13.2 Å². The van der Waals surface area contributed by atoms with Crippen LogP contribution >= 0.6 is 23.1 Å². The third kappa shape index (κ3) is 6.28. The fraction of sp³-hybridized carbons (Fsp3) is 0.286. The van der Waals surface area contributed by atoms with Gasteiger partial charge in [-0.25, -0.2) is 0 Å². The molecule has 0 fully saturated rings. The Morgan fingerprint density at radius 2 is 1.69 bits per heavy atom. The van der Waals surface area contributed by atoms with Gasteiger partial charge in [0.25, 0.3) is 0 Å². The molecule has 1 aromatic heterocycles. The molecule has 8 heteroatoms. The van der Waals surface area contributed by atoms with Crippen LogP contribution in [0.3, 0.4) is 0 Å². The highest BCUT2D eigenvalue weighted by atomic mass is 32.2. The van der Waals surface area contributed by atoms with Crippen molar-refractivity contribution in [2.24, 2.45) is 0 Å². The van der Waals surface area contributed by atoms with Crippen molar-refractivity contribution >= 4 is 34.1 Å². The second-order valence-electron chi connectivity index (χ2n) is 6.32. The molecule has 0 radical (unpaired) electrons. The number of carbonyl (C=O) groups excluding carboxylic acids is 1. The minimum Gasteiger partial charge on any atom is -0.383 e. The minimum atomic E-state index is -0.301. The third-order valence-electron chi connectivity index (χ3n) is 4.19. The maximum absolute atomic E-state index is 12.9. The average Bonchev–Trinajstić information content (AvgIpc) is 3.20. The lowest BCUT2D eigenvalue weighted by atomic mass is 9.98. The second-order valence-corrected chi connectivity index (χ2v) is 8.88. The maximum Gasteiger partial charge on any atom is 0.234 e. The molecule has 1 amide bonds. The smallest absolute Gasteiger partial charge is 0.234 e. The van der Waals surface area contributed by atoms with Gasteiger partial charge in [-0.3, -0.25) is 4.79 Å². The van der Waals surface area contributed by atoms with Crippen LogP contribution in [0, 0.1) is 0 Å². The molecular weight excluding hydrogens is 404 g/mol. The van der Waals surface area contributed by atoms with Crippen LogP contribution in [0.25, 0.3) is 0 Å². The van der Waals surface area contributed by atoms with Crippen molar-refractivity contribution in [1.82, 2.24) is 15.5 Å². The quantitative estimate of drug-likeness (QED) is 0.376. The van der Waals surface area contributed by atoms with Crippen LogP contribution < -0.4 is 10.6 Å². The zero-order valence-electron chi connectivity index (χ0n) is 16.4. The molecule has 0 saturated carbocycles. The van der Waals surface area contributed by atoms with Gasteiger partial charge in [-0.15, -0.1) is 10.2 Å². The van der Waals surface area contributed by atoms with Gasteiger partial charge >= 0.3 is 0 Å². The maximum atomic E-state index is 12.9.